The summed E-state index contributed by atoms with van der Waals surface area (Å²) in [5.41, 5.74) is 1.20. The van der Waals surface area contributed by atoms with E-state index in [0.29, 0.717) is 42.6 Å². The first-order valence-electron chi connectivity index (χ1n) is 10.1. The summed E-state index contributed by atoms with van der Waals surface area (Å²) in [6, 6.07) is 10.9. The molecule has 0 saturated carbocycles. The number of hydrogen-bond acceptors (Lipinski definition) is 6. The van der Waals surface area contributed by atoms with Crippen molar-refractivity contribution in [1.29, 1.82) is 0 Å². The molecule has 3 rings (SSSR count). The van der Waals surface area contributed by atoms with Gasteiger partial charge in [0.15, 0.2) is 11.5 Å². The minimum absolute atomic E-state index is 0.296. The Labute approximate surface area is 183 Å². The quantitative estimate of drug-likeness (QED) is 0.667. The summed E-state index contributed by atoms with van der Waals surface area (Å²) >= 11 is 0. The van der Waals surface area contributed by atoms with Crippen molar-refractivity contribution in [2.75, 3.05) is 30.9 Å². The second-order valence-corrected chi connectivity index (χ2v) is 9.18. The smallest absolute Gasteiger partial charge is 0.244 e. The Kier molecular flexibility index (Phi) is 6.94. The number of carbonyl (C=O) groups is 1. The number of methoxy groups -OCH3 is 1. The molecule has 31 heavy (non-hydrogen) atoms. The third kappa shape index (κ3) is 5.22. The molecular weight excluding hydrogens is 420 g/mol. The number of fused-ring (bicyclic) bond motifs is 1. The second kappa shape index (κ2) is 9.47. The monoisotopic (exact) mass is 448 g/mol. The van der Waals surface area contributed by atoms with Crippen molar-refractivity contribution >= 4 is 21.6 Å². The van der Waals surface area contributed by atoms with Crippen LogP contribution in [0.3, 0.4) is 0 Å². The molecule has 0 bridgehead atoms. The van der Waals surface area contributed by atoms with Gasteiger partial charge in [0, 0.05) is 6.07 Å². The number of rotatable bonds is 8. The van der Waals surface area contributed by atoms with E-state index in [4.69, 9.17) is 14.2 Å². The molecule has 0 spiro atoms. The maximum atomic E-state index is 13.2. The maximum Gasteiger partial charge on any atom is 0.244 e. The number of benzene rings is 2. The number of hydrogen-bond donors (Lipinski definition) is 1. The van der Waals surface area contributed by atoms with Crippen molar-refractivity contribution in [3.05, 3.63) is 48.0 Å². The fourth-order valence-electron chi connectivity index (χ4n) is 3.53. The highest BCUT2D eigenvalue weighted by atomic mass is 32.2. The molecule has 1 heterocycles. The average molecular weight is 449 g/mol. The van der Waals surface area contributed by atoms with Crippen LogP contribution in [0.1, 0.15) is 31.9 Å². The Bertz CT molecular complexity index is 1040. The summed E-state index contributed by atoms with van der Waals surface area (Å²) < 4.78 is 42.8. The van der Waals surface area contributed by atoms with Crippen LogP contribution in [-0.4, -0.2) is 46.9 Å². The number of nitrogens with one attached hydrogen (secondary N) is 1. The van der Waals surface area contributed by atoms with Crippen LogP contribution >= 0.6 is 0 Å². The Morgan fingerprint density at radius 1 is 1.16 bits per heavy atom. The first-order valence-corrected chi connectivity index (χ1v) is 11.9. The summed E-state index contributed by atoms with van der Waals surface area (Å²) in [5, 5.41) is 2.93. The molecule has 0 unspecified atom stereocenters. The SMILES string of the molecule is CC[C@@H](C(=O)N[C@@H](C)c1ccc2c(c1)OCCO2)N(c1cccc(OC)c1)S(C)(=O)=O. The zero-order valence-corrected chi connectivity index (χ0v) is 18.9. The third-order valence-corrected chi connectivity index (χ3v) is 6.24. The van der Waals surface area contributed by atoms with E-state index in [2.05, 4.69) is 5.32 Å². The van der Waals surface area contributed by atoms with Gasteiger partial charge in [0.25, 0.3) is 0 Å². The number of carbonyl (C=O) groups excluding carboxylic acids is 1. The van der Waals surface area contributed by atoms with E-state index in [0.717, 1.165) is 16.1 Å². The van der Waals surface area contributed by atoms with E-state index in [1.165, 1.54) is 7.11 Å². The number of nitrogens with zero attached hydrogens (tertiary/aromatic N) is 1. The number of amides is 1. The first-order chi connectivity index (χ1) is 14.7. The first kappa shape index (κ1) is 22.7. The van der Waals surface area contributed by atoms with Crippen molar-refractivity contribution < 1.29 is 27.4 Å². The van der Waals surface area contributed by atoms with Gasteiger partial charge >= 0.3 is 0 Å². The average Bonchev–Trinajstić information content (AvgIpc) is 2.75. The van der Waals surface area contributed by atoms with Crippen LogP contribution in [0.4, 0.5) is 5.69 Å². The lowest BCUT2D eigenvalue weighted by Gasteiger charge is -2.31. The summed E-state index contributed by atoms with van der Waals surface area (Å²) in [5.74, 6) is 1.41. The highest BCUT2D eigenvalue weighted by Crippen LogP contribution is 2.33. The van der Waals surface area contributed by atoms with Crippen molar-refractivity contribution in [3.8, 4) is 17.2 Å². The molecule has 1 amide bonds. The second-order valence-electron chi connectivity index (χ2n) is 7.32. The summed E-state index contributed by atoms with van der Waals surface area (Å²) in [6.45, 7) is 4.59. The minimum atomic E-state index is -3.73. The topological polar surface area (TPSA) is 94.2 Å². The molecule has 9 heteroatoms. The van der Waals surface area contributed by atoms with Gasteiger partial charge in [0.1, 0.15) is 25.0 Å². The molecule has 0 radical (unpaired) electrons. The fraction of sp³-hybridized carbons (Fsp3) is 0.409. The molecule has 8 nitrogen and oxygen atoms in total. The van der Waals surface area contributed by atoms with Gasteiger partial charge in [-0.1, -0.05) is 19.1 Å². The summed E-state index contributed by atoms with van der Waals surface area (Å²) in [6.07, 6.45) is 1.39. The summed E-state index contributed by atoms with van der Waals surface area (Å²) in [7, 11) is -2.23. The van der Waals surface area contributed by atoms with Crippen LogP contribution in [-0.2, 0) is 14.8 Å². The van der Waals surface area contributed by atoms with E-state index in [9.17, 15) is 13.2 Å². The number of sulfonamides is 1. The van der Waals surface area contributed by atoms with Crippen LogP contribution in [0.15, 0.2) is 42.5 Å². The predicted octanol–water partition coefficient (Wildman–Crippen LogP) is 2.89. The van der Waals surface area contributed by atoms with Crippen molar-refractivity contribution in [1.82, 2.24) is 5.32 Å². The maximum absolute atomic E-state index is 13.2. The Balaban J connectivity index is 1.84. The molecule has 2 atom stereocenters. The molecule has 0 saturated heterocycles. The zero-order chi connectivity index (χ0) is 22.6. The van der Waals surface area contributed by atoms with Gasteiger partial charge in [-0.05, 0) is 43.2 Å². The van der Waals surface area contributed by atoms with E-state index in [1.807, 2.05) is 25.1 Å². The van der Waals surface area contributed by atoms with E-state index in [1.54, 1.807) is 31.2 Å². The zero-order valence-electron chi connectivity index (χ0n) is 18.1. The highest BCUT2D eigenvalue weighted by molar-refractivity contribution is 7.92. The van der Waals surface area contributed by atoms with Crippen LogP contribution < -0.4 is 23.8 Å². The Morgan fingerprint density at radius 2 is 1.87 bits per heavy atom. The van der Waals surface area contributed by atoms with Gasteiger partial charge in [-0.2, -0.15) is 0 Å². The van der Waals surface area contributed by atoms with Crippen LogP contribution in [0.5, 0.6) is 17.2 Å². The number of anilines is 1. The largest absolute Gasteiger partial charge is 0.497 e. The normalized spacial score (nSPS) is 15.0. The van der Waals surface area contributed by atoms with Gasteiger partial charge < -0.3 is 19.5 Å². The third-order valence-electron chi connectivity index (χ3n) is 5.06. The van der Waals surface area contributed by atoms with E-state index < -0.39 is 22.0 Å². The van der Waals surface area contributed by atoms with Crippen LogP contribution in [0.2, 0.25) is 0 Å². The molecule has 1 aliphatic heterocycles. The van der Waals surface area contributed by atoms with E-state index in [-0.39, 0.29) is 6.04 Å². The molecule has 0 aromatic heterocycles. The lowest BCUT2D eigenvalue weighted by molar-refractivity contribution is -0.122. The molecule has 168 valence electrons. The molecule has 1 aliphatic rings. The van der Waals surface area contributed by atoms with Gasteiger partial charge in [0.2, 0.25) is 15.9 Å². The molecule has 2 aromatic carbocycles. The van der Waals surface area contributed by atoms with E-state index >= 15 is 0 Å². The lowest BCUT2D eigenvalue weighted by atomic mass is 10.1. The van der Waals surface area contributed by atoms with Crippen molar-refractivity contribution in [2.24, 2.45) is 0 Å². The van der Waals surface area contributed by atoms with Gasteiger partial charge in [-0.3, -0.25) is 9.10 Å². The standard InChI is InChI=1S/C22H28N2O6S/c1-5-19(24(31(4,26)27)17-7-6-8-18(14-17)28-3)22(25)23-15(2)16-9-10-20-21(13-16)30-12-11-29-20/h6-10,13-15,19H,5,11-12H2,1-4H3,(H,23,25)/t15-,19-/m0/s1. The van der Waals surface area contributed by atoms with Crippen LogP contribution in [0, 0.1) is 0 Å². The summed E-state index contributed by atoms with van der Waals surface area (Å²) in [4.78, 5) is 13.2. The van der Waals surface area contributed by atoms with Gasteiger partial charge in [-0.15, -0.1) is 0 Å². The Morgan fingerprint density at radius 3 is 2.52 bits per heavy atom. The lowest BCUT2D eigenvalue weighted by Crippen LogP contribution is -2.49. The van der Waals surface area contributed by atoms with Crippen molar-refractivity contribution in [3.63, 3.8) is 0 Å². The molecular formula is C22H28N2O6S. The number of ether oxygens (including phenoxy) is 3. The van der Waals surface area contributed by atoms with Crippen LogP contribution in [0.25, 0.3) is 0 Å². The molecule has 0 aliphatic carbocycles. The molecule has 0 fully saturated rings. The highest BCUT2D eigenvalue weighted by Gasteiger charge is 2.32. The minimum Gasteiger partial charge on any atom is -0.497 e. The van der Waals surface area contributed by atoms with Gasteiger partial charge in [0.05, 0.1) is 25.1 Å². The molecule has 2 aromatic rings. The van der Waals surface area contributed by atoms with Gasteiger partial charge in [-0.25, -0.2) is 8.42 Å². The fourth-order valence-corrected chi connectivity index (χ4v) is 4.73. The molecule has 1 N–H and O–H groups in total. The van der Waals surface area contributed by atoms with Crippen molar-refractivity contribution in [2.45, 2.75) is 32.4 Å². The Hall–Kier alpha value is -2.94. The predicted molar refractivity (Wildman–Crippen MR) is 118 cm³/mol.